The van der Waals surface area contributed by atoms with Gasteiger partial charge in [0, 0.05) is 20.2 Å². The number of aliphatic hydroxyl groups excluding tert-OH is 1. The Kier molecular flexibility index (Phi) is 6.72. The van der Waals surface area contributed by atoms with Gasteiger partial charge in [-0.2, -0.15) is 0 Å². The van der Waals surface area contributed by atoms with Gasteiger partial charge in [0.25, 0.3) is 0 Å². The van der Waals surface area contributed by atoms with Crippen LogP contribution in [-0.4, -0.2) is 37.6 Å². The zero-order chi connectivity index (χ0) is 13.4. The van der Waals surface area contributed by atoms with Gasteiger partial charge in [-0.15, -0.1) is 0 Å². The summed E-state index contributed by atoms with van der Waals surface area (Å²) in [6.45, 7) is 5.94. The molecule has 1 aromatic carbocycles. The lowest BCUT2D eigenvalue weighted by Gasteiger charge is -2.17. The minimum atomic E-state index is -0.472. The van der Waals surface area contributed by atoms with Crippen molar-refractivity contribution in [3.63, 3.8) is 0 Å². The molecule has 0 amide bonds. The van der Waals surface area contributed by atoms with E-state index in [4.69, 9.17) is 9.47 Å². The number of ether oxygens (including phenoxy) is 2. The molecule has 0 aliphatic rings. The highest BCUT2D eigenvalue weighted by Gasteiger charge is 2.09. The Balaban J connectivity index is 2.37. The van der Waals surface area contributed by atoms with E-state index in [-0.39, 0.29) is 6.10 Å². The van der Waals surface area contributed by atoms with Crippen LogP contribution in [0, 0.1) is 0 Å². The van der Waals surface area contributed by atoms with Crippen LogP contribution in [0.4, 0.5) is 0 Å². The fourth-order valence-electron chi connectivity index (χ4n) is 1.41. The van der Waals surface area contributed by atoms with Crippen molar-refractivity contribution in [2.24, 2.45) is 0 Å². The van der Waals surface area contributed by atoms with Gasteiger partial charge < -0.3 is 19.9 Å². The molecule has 0 bridgehead atoms. The number of nitrogens with one attached hydrogen (secondary N) is 1. The molecule has 0 aliphatic carbocycles. The second-order valence-electron chi connectivity index (χ2n) is 4.38. The Morgan fingerprint density at radius 2 is 1.89 bits per heavy atom. The molecule has 0 radical (unpaired) electrons. The third-order valence-corrected chi connectivity index (χ3v) is 2.74. The van der Waals surface area contributed by atoms with Crippen molar-refractivity contribution >= 4 is 0 Å². The van der Waals surface area contributed by atoms with Gasteiger partial charge in [-0.1, -0.05) is 12.1 Å². The van der Waals surface area contributed by atoms with Crippen LogP contribution in [-0.2, 0) is 11.3 Å². The summed E-state index contributed by atoms with van der Waals surface area (Å²) in [7, 11) is 1.69. The molecule has 18 heavy (non-hydrogen) atoms. The first-order valence-corrected chi connectivity index (χ1v) is 6.27. The highest BCUT2D eigenvalue weighted by atomic mass is 16.5. The molecule has 2 atom stereocenters. The van der Waals surface area contributed by atoms with Gasteiger partial charge in [0.15, 0.2) is 0 Å². The van der Waals surface area contributed by atoms with Gasteiger partial charge in [-0.25, -0.2) is 0 Å². The number of hydrogen-bond donors (Lipinski definition) is 2. The molecule has 4 heteroatoms. The Morgan fingerprint density at radius 1 is 1.22 bits per heavy atom. The molecule has 1 aromatic rings. The standard InChI is InChI=1S/C14H23NO3/c1-11(16)12(2)18-14-6-4-13(5-7-14)10-15-8-9-17-3/h4-7,11-12,15-16H,8-10H2,1-3H3. The van der Waals surface area contributed by atoms with E-state index in [1.54, 1.807) is 14.0 Å². The smallest absolute Gasteiger partial charge is 0.121 e. The van der Waals surface area contributed by atoms with Crippen LogP contribution in [0.25, 0.3) is 0 Å². The molecule has 2 unspecified atom stereocenters. The molecule has 1 rings (SSSR count). The summed E-state index contributed by atoms with van der Waals surface area (Å²) in [4.78, 5) is 0. The first kappa shape index (κ1) is 15.0. The minimum absolute atomic E-state index is 0.198. The zero-order valence-corrected chi connectivity index (χ0v) is 11.3. The van der Waals surface area contributed by atoms with E-state index < -0.39 is 6.10 Å². The average Bonchev–Trinajstić information content (AvgIpc) is 2.36. The van der Waals surface area contributed by atoms with Crippen molar-refractivity contribution in [3.8, 4) is 5.75 Å². The molecule has 4 nitrogen and oxygen atoms in total. The Labute approximate surface area is 109 Å². The lowest BCUT2D eigenvalue weighted by Crippen LogP contribution is -2.25. The maximum absolute atomic E-state index is 9.36. The molecule has 0 aromatic heterocycles. The van der Waals surface area contributed by atoms with E-state index in [1.807, 2.05) is 31.2 Å². The maximum atomic E-state index is 9.36. The van der Waals surface area contributed by atoms with Crippen LogP contribution in [0.5, 0.6) is 5.75 Å². The van der Waals surface area contributed by atoms with E-state index in [0.717, 1.165) is 18.8 Å². The first-order chi connectivity index (χ1) is 8.63. The topological polar surface area (TPSA) is 50.7 Å². The van der Waals surface area contributed by atoms with Crippen LogP contribution in [0.2, 0.25) is 0 Å². The summed E-state index contributed by atoms with van der Waals surface area (Å²) in [5.74, 6) is 0.782. The average molecular weight is 253 g/mol. The van der Waals surface area contributed by atoms with Crippen molar-refractivity contribution < 1.29 is 14.6 Å². The Bertz CT molecular complexity index is 324. The monoisotopic (exact) mass is 253 g/mol. The third-order valence-electron chi connectivity index (χ3n) is 2.74. The van der Waals surface area contributed by atoms with Crippen molar-refractivity contribution in [2.75, 3.05) is 20.3 Å². The summed E-state index contributed by atoms with van der Waals surface area (Å²) >= 11 is 0. The normalized spacial score (nSPS) is 14.2. The molecule has 0 spiro atoms. The Morgan fingerprint density at radius 3 is 2.44 bits per heavy atom. The second-order valence-corrected chi connectivity index (χ2v) is 4.38. The van der Waals surface area contributed by atoms with E-state index in [1.165, 1.54) is 5.56 Å². The van der Waals surface area contributed by atoms with Crippen LogP contribution >= 0.6 is 0 Å². The zero-order valence-electron chi connectivity index (χ0n) is 11.3. The van der Waals surface area contributed by atoms with Gasteiger partial charge in [0.2, 0.25) is 0 Å². The molecular weight excluding hydrogens is 230 g/mol. The second kappa shape index (κ2) is 8.08. The largest absolute Gasteiger partial charge is 0.488 e. The molecule has 0 aliphatic heterocycles. The highest BCUT2D eigenvalue weighted by Crippen LogP contribution is 2.14. The van der Waals surface area contributed by atoms with Crippen LogP contribution < -0.4 is 10.1 Å². The van der Waals surface area contributed by atoms with Gasteiger partial charge in [0.1, 0.15) is 11.9 Å². The Hall–Kier alpha value is -1.10. The van der Waals surface area contributed by atoms with Crippen LogP contribution in [0.3, 0.4) is 0 Å². The molecule has 2 N–H and O–H groups in total. The number of methoxy groups -OCH3 is 1. The summed E-state index contributed by atoms with van der Waals surface area (Å²) in [6.07, 6.45) is -0.670. The molecule has 102 valence electrons. The van der Waals surface area contributed by atoms with Gasteiger partial charge in [0.05, 0.1) is 12.7 Å². The SMILES string of the molecule is COCCNCc1ccc(OC(C)C(C)O)cc1. The summed E-state index contributed by atoms with van der Waals surface area (Å²) in [6, 6.07) is 7.88. The summed E-state index contributed by atoms with van der Waals surface area (Å²) in [5.41, 5.74) is 1.20. The van der Waals surface area contributed by atoms with Crippen molar-refractivity contribution in [3.05, 3.63) is 29.8 Å². The number of aliphatic hydroxyl groups is 1. The predicted octanol–water partition coefficient (Wildman–Crippen LogP) is 1.57. The van der Waals surface area contributed by atoms with E-state index in [9.17, 15) is 5.11 Å². The van der Waals surface area contributed by atoms with Crippen LogP contribution in [0.15, 0.2) is 24.3 Å². The van der Waals surface area contributed by atoms with Gasteiger partial charge in [-0.05, 0) is 31.5 Å². The fraction of sp³-hybridized carbons (Fsp3) is 0.571. The third kappa shape index (κ3) is 5.49. The lowest BCUT2D eigenvalue weighted by atomic mass is 10.2. The van der Waals surface area contributed by atoms with Crippen molar-refractivity contribution in [1.29, 1.82) is 0 Å². The molecule has 0 fully saturated rings. The molecule has 0 saturated heterocycles. The maximum Gasteiger partial charge on any atom is 0.121 e. The van der Waals surface area contributed by atoms with E-state index >= 15 is 0 Å². The predicted molar refractivity (Wildman–Crippen MR) is 71.8 cm³/mol. The van der Waals surface area contributed by atoms with E-state index in [2.05, 4.69) is 5.32 Å². The van der Waals surface area contributed by atoms with Gasteiger partial charge >= 0.3 is 0 Å². The molecule has 0 heterocycles. The van der Waals surface area contributed by atoms with Crippen molar-refractivity contribution in [1.82, 2.24) is 5.32 Å². The minimum Gasteiger partial charge on any atom is -0.488 e. The van der Waals surface area contributed by atoms with Crippen molar-refractivity contribution in [2.45, 2.75) is 32.6 Å². The molecule has 0 saturated carbocycles. The fourth-order valence-corrected chi connectivity index (χ4v) is 1.41. The summed E-state index contributed by atoms with van der Waals surface area (Å²) in [5, 5.41) is 12.6. The summed E-state index contributed by atoms with van der Waals surface area (Å²) < 4.78 is 10.5. The number of hydrogen-bond acceptors (Lipinski definition) is 4. The first-order valence-electron chi connectivity index (χ1n) is 6.27. The highest BCUT2D eigenvalue weighted by molar-refractivity contribution is 5.27. The number of benzene rings is 1. The number of rotatable bonds is 8. The van der Waals surface area contributed by atoms with E-state index in [0.29, 0.717) is 6.61 Å². The quantitative estimate of drug-likeness (QED) is 0.691. The molecular formula is C14H23NO3. The lowest BCUT2D eigenvalue weighted by molar-refractivity contribution is 0.0604. The van der Waals surface area contributed by atoms with Gasteiger partial charge in [-0.3, -0.25) is 0 Å². The van der Waals surface area contributed by atoms with Crippen LogP contribution in [0.1, 0.15) is 19.4 Å².